The first-order chi connectivity index (χ1) is 9.49. The van der Waals surface area contributed by atoms with Crippen molar-refractivity contribution in [2.24, 2.45) is 0 Å². The predicted octanol–water partition coefficient (Wildman–Crippen LogP) is 2.46. The van der Waals surface area contributed by atoms with E-state index in [1.165, 1.54) is 19.6 Å². The van der Waals surface area contributed by atoms with Crippen molar-refractivity contribution >= 4 is 32.7 Å². The number of nitrogens with one attached hydrogen (secondary N) is 1. The van der Waals surface area contributed by atoms with Crippen molar-refractivity contribution in [2.45, 2.75) is 6.54 Å². The molecule has 2 rings (SSSR count). The largest absolute Gasteiger partial charge is 0.311 e. The molecule has 2 heterocycles. The van der Waals surface area contributed by atoms with Crippen molar-refractivity contribution in [1.82, 2.24) is 9.62 Å². The lowest BCUT2D eigenvalue weighted by atomic mass is 10.2. The number of thiophene rings is 2. The molecule has 1 N–H and O–H groups in total. The van der Waals surface area contributed by atoms with Crippen molar-refractivity contribution in [3.63, 3.8) is 0 Å². The third-order valence-electron chi connectivity index (χ3n) is 2.85. The fourth-order valence-corrected chi connectivity index (χ4v) is 4.05. The maximum absolute atomic E-state index is 11.6. The molecule has 0 fully saturated rings. The molecule has 4 nitrogen and oxygen atoms in total. The van der Waals surface area contributed by atoms with Gasteiger partial charge in [0.15, 0.2) is 0 Å². The Balaban J connectivity index is 1.81. The summed E-state index contributed by atoms with van der Waals surface area (Å²) in [6.07, 6.45) is 0. The van der Waals surface area contributed by atoms with Gasteiger partial charge in [-0.15, -0.1) is 22.7 Å². The van der Waals surface area contributed by atoms with Crippen LogP contribution in [0, 0.1) is 0 Å². The minimum absolute atomic E-state index is 0.128. The molecule has 0 radical (unpaired) electrons. The van der Waals surface area contributed by atoms with Crippen molar-refractivity contribution < 1.29 is 8.42 Å². The molecular weight excluding hydrogens is 312 g/mol. The molecule has 0 spiro atoms. The number of sulfonamides is 1. The van der Waals surface area contributed by atoms with Gasteiger partial charge in [-0.25, -0.2) is 12.7 Å². The zero-order valence-corrected chi connectivity index (χ0v) is 13.9. The van der Waals surface area contributed by atoms with Crippen molar-refractivity contribution in [3.05, 3.63) is 33.8 Å². The van der Waals surface area contributed by atoms with E-state index in [0.717, 1.165) is 0 Å². The zero-order valence-electron chi connectivity index (χ0n) is 11.5. The summed E-state index contributed by atoms with van der Waals surface area (Å²) in [5.74, 6) is 0.128. The Morgan fingerprint density at radius 1 is 1.30 bits per heavy atom. The van der Waals surface area contributed by atoms with Crippen LogP contribution in [-0.2, 0) is 16.6 Å². The fourth-order valence-electron chi connectivity index (χ4n) is 1.64. The SMILES string of the molecule is CN(C)S(=O)(=O)CCNCc1cc(-c2cccs2)cs1. The van der Waals surface area contributed by atoms with Crippen LogP contribution in [0.2, 0.25) is 0 Å². The van der Waals surface area contributed by atoms with Gasteiger partial charge in [-0.05, 0) is 22.9 Å². The Hall–Kier alpha value is -0.730. The van der Waals surface area contributed by atoms with Crippen LogP contribution in [-0.4, -0.2) is 39.1 Å². The molecule has 0 aliphatic heterocycles. The summed E-state index contributed by atoms with van der Waals surface area (Å²) in [5.41, 5.74) is 1.24. The monoisotopic (exact) mass is 330 g/mol. The molecule has 0 saturated heterocycles. The molecule has 0 aliphatic carbocycles. The van der Waals surface area contributed by atoms with Crippen LogP contribution in [0.3, 0.4) is 0 Å². The minimum atomic E-state index is -3.11. The molecule has 7 heteroatoms. The Kier molecular flexibility index (Phi) is 5.34. The maximum atomic E-state index is 11.6. The summed E-state index contributed by atoms with van der Waals surface area (Å²) in [4.78, 5) is 2.48. The highest BCUT2D eigenvalue weighted by Crippen LogP contribution is 2.29. The van der Waals surface area contributed by atoms with E-state index in [-0.39, 0.29) is 5.75 Å². The average molecular weight is 330 g/mol. The van der Waals surface area contributed by atoms with Gasteiger partial charge in [-0.1, -0.05) is 6.07 Å². The number of rotatable bonds is 7. The number of nitrogens with zero attached hydrogens (tertiary/aromatic N) is 1. The molecule has 0 bridgehead atoms. The van der Waals surface area contributed by atoms with Crippen LogP contribution >= 0.6 is 22.7 Å². The second kappa shape index (κ2) is 6.82. The summed E-state index contributed by atoms with van der Waals surface area (Å²) >= 11 is 3.42. The molecule has 110 valence electrons. The highest BCUT2D eigenvalue weighted by atomic mass is 32.2. The van der Waals surface area contributed by atoms with Crippen LogP contribution in [0.25, 0.3) is 10.4 Å². The standard InChI is InChI=1S/C13H18N2O2S3/c1-15(2)20(16,17)7-5-14-9-12-8-11(10-19-12)13-4-3-6-18-13/h3-4,6,8,10,14H,5,7,9H2,1-2H3. The summed E-state index contributed by atoms with van der Waals surface area (Å²) in [6, 6.07) is 6.30. The molecule has 0 aliphatic rings. The van der Waals surface area contributed by atoms with Crippen LogP contribution in [0.4, 0.5) is 0 Å². The van der Waals surface area contributed by atoms with Gasteiger partial charge in [0.05, 0.1) is 5.75 Å². The molecule has 0 amide bonds. The molecule has 20 heavy (non-hydrogen) atoms. The van der Waals surface area contributed by atoms with E-state index in [1.54, 1.807) is 36.8 Å². The Morgan fingerprint density at radius 2 is 2.10 bits per heavy atom. The normalized spacial score (nSPS) is 12.2. The van der Waals surface area contributed by atoms with Crippen molar-refractivity contribution in [1.29, 1.82) is 0 Å². The van der Waals surface area contributed by atoms with Crippen molar-refractivity contribution in [2.75, 3.05) is 26.4 Å². The Bertz CT molecular complexity index is 630. The summed E-state index contributed by atoms with van der Waals surface area (Å²) in [6.45, 7) is 1.17. The van der Waals surface area contributed by atoms with Gasteiger partial charge in [-0.3, -0.25) is 0 Å². The van der Waals surface area contributed by atoms with Gasteiger partial charge in [0.1, 0.15) is 0 Å². The first-order valence-corrected chi connectivity index (χ1v) is 9.58. The van der Waals surface area contributed by atoms with Gasteiger partial charge in [0, 0.05) is 42.5 Å². The van der Waals surface area contributed by atoms with Crippen LogP contribution in [0.5, 0.6) is 0 Å². The second-order valence-corrected chi connectivity index (χ2v) is 8.80. The summed E-state index contributed by atoms with van der Waals surface area (Å²) < 4.78 is 24.4. The van der Waals surface area contributed by atoms with E-state index < -0.39 is 10.0 Å². The lowest BCUT2D eigenvalue weighted by molar-refractivity contribution is 0.517. The molecule has 0 atom stereocenters. The van der Waals surface area contributed by atoms with Gasteiger partial charge < -0.3 is 5.32 Å². The fraction of sp³-hybridized carbons (Fsp3) is 0.385. The summed E-state index contributed by atoms with van der Waals surface area (Å²) in [7, 11) is 0.00792. The molecule has 2 aromatic rings. The van der Waals surface area contributed by atoms with E-state index >= 15 is 0 Å². The topological polar surface area (TPSA) is 49.4 Å². The van der Waals surface area contributed by atoms with E-state index in [4.69, 9.17) is 0 Å². The lowest BCUT2D eigenvalue weighted by Crippen LogP contribution is -2.30. The highest BCUT2D eigenvalue weighted by molar-refractivity contribution is 7.89. The van der Waals surface area contributed by atoms with Crippen LogP contribution in [0.1, 0.15) is 4.88 Å². The smallest absolute Gasteiger partial charge is 0.214 e. The number of hydrogen-bond donors (Lipinski definition) is 1. The lowest BCUT2D eigenvalue weighted by Gasteiger charge is -2.11. The molecule has 0 aromatic carbocycles. The average Bonchev–Trinajstić information content (AvgIpc) is 3.05. The van der Waals surface area contributed by atoms with E-state index in [0.29, 0.717) is 13.1 Å². The first-order valence-electron chi connectivity index (χ1n) is 6.21. The molecular formula is C13H18N2O2S3. The summed E-state index contributed by atoms with van der Waals surface area (Å²) in [5, 5.41) is 7.38. The maximum Gasteiger partial charge on any atom is 0.214 e. The molecule has 0 saturated carbocycles. The second-order valence-electron chi connectivity index (χ2n) is 4.55. The van der Waals surface area contributed by atoms with Gasteiger partial charge >= 0.3 is 0 Å². The zero-order chi connectivity index (χ0) is 14.6. The van der Waals surface area contributed by atoms with Crippen LogP contribution in [0.15, 0.2) is 29.0 Å². The van der Waals surface area contributed by atoms with Crippen LogP contribution < -0.4 is 5.32 Å². The van der Waals surface area contributed by atoms with Gasteiger partial charge in [0.25, 0.3) is 0 Å². The Labute approximate surface area is 128 Å². The Morgan fingerprint density at radius 3 is 2.75 bits per heavy atom. The third-order valence-corrected chi connectivity index (χ3v) is 6.54. The van der Waals surface area contributed by atoms with Gasteiger partial charge in [0.2, 0.25) is 10.0 Å². The minimum Gasteiger partial charge on any atom is -0.311 e. The van der Waals surface area contributed by atoms with Gasteiger partial charge in [-0.2, -0.15) is 0 Å². The quantitative estimate of drug-likeness (QED) is 0.794. The van der Waals surface area contributed by atoms with Crippen molar-refractivity contribution in [3.8, 4) is 10.4 Å². The molecule has 0 unspecified atom stereocenters. The predicted molar refractivity (Wildman–Crippen MR) is 86.8 cm³/mol. The van der Waals surface area contributed by atoms with E-state index in [1.807, 2.05) is 6.07 Å². The van der Waals surface area contributed by atoms with E-state index in [9.17, 15) is 8.42 Å². The van der Waals surface area contributed by atoms with E-state index in [2.05, 4.69) is 28.2 Å². The number of hydrogen-bond acceptors (Lipinski definition) is 5. The third kappa shape index (κ3) is 4.13. The first kappa shape index (κ1) is 15.7. The molecule has 2 aromatic heterocycles. The highest BCUT2D eigenvalue weighted by Gasteiger charge is 2.12.